The van der Waals surface area contributed by atoms with Crippen molar-refractivity contribution in [2.24, 2.45) is 4.99 Å². The number of nitrogens with one attached hydrogen (secondary N) is 2. The first-order valence-electron chi connectivity index (χ1n) is 18.0. The van der Waals surface area contributed by atoms with E-state index in [0.717, 1.165) is 16.7 Å². The van der Waals surface area contributed by atoms with Gasteiger partial charge >= 0.3 is 0 Å². The number of aromatic nitrogens is 4. The fourth-order valence-electron chi connectivity index (χ4n) is 6.56. The number of ether oxygens (including phenoxy) is 4. The average molecular weight is 778 g/mol. The van der Waals surface area contributed by atoms with Crippen molar-refractivity contribution in [1.29, 1.82) is 5.26 Å². The first-order chi connectivity index (χ1) is 27.3. The van der Waals surface area contributed by atoms with Crippen molar-refractivity contribution >= 4 is 31.6 Å². The zero-order valence-electron chi connectivity index (χ0n) is 31.9. The summed E-state index contributed by atoms with van der Waals surface area (Å²) < 4.78 is 39.1. The van der Waals surface area contributed by atoms with Gasteiger partial charge in [0.05, 0.1) is 46.0 Å². The Morgan fingerprint density at radius 3 is 2.32 bits per heavy atom. The monoisotopic (exact) mass is 777 g/mol. The SMILES string of the molecule is CC#Cc1nn([C@H]2C[C@@H](OP(C)OCCC#N)[C@@H](COC(c3ccccc3)(c3ccc(OC)cc3)c3ccc(OC)cc3)O2)c2nc(N=CCNC)[nH]c(=O)c12. The normalized spacial score (nSPS) is 17.4. The first-order valence-corrected chi connectivity index (χ1v) is 19.6. The third-order valence-corrected chi connectivity index (χ3v) is 10.3. The van der Waals surface area contributed by atoms with Crippen LogP contribution < -0.4 is 20.3 Å². The molecular formula is C41H44N7O7P. The lowest BCUT2D eigenvalue weighted by Gasteiger charge is -2.37. The molecule has 290 valence electrons. The molecule has 5 aromatic rings. The van der Waals surface area contributed by atoms with Crippen LogP contribution in [-0.4, -0.2) is 85.9 Å². The van der Waals surface area contributed by atoms with Crippen LogP contribution in [0.15, 0.2) is 88.6 Å². The molecule has 4 atom stereocenters. The minimum absolute atomic E-state index is 0.0594. The van der Waals surface area contributed by atoms with E-state index in [0.29, 0.717) is 24.5 Å². The Bertz CT molecular complexity index is 2210. The Hall–Kier alpha value is -5.44. The first kappa shape index (κ1) is 40.2. The number of hydrogen-bond donors (Lipinski definition) is 2. The van der Waals surface area contributed by atoms with Crippen LogP contribution in [-0.2, 0) is 24.1 Å². The van der Waals surface area contributed by atoms with Gasteiger partial charge in [-0.3, -0.25) is 9.78 Å². The summed E-state index contributed by atoms with van der Waals surface area (Å²) in [5.41, 5.74) is 1.59. The minimum Gasteiger partial charge on any atom is -0.497 e. The third-order valence-electron chi connectivity index (χ3n) is 9.16. The fourth-order valence-corrected chi connectivity index (χ4v) is 7.57. The maximum absolute atomic E-state index is 13.4. The second-order valence-electron chi connectivity index (χ2n) is 12.6. The Balaban J connectivity index is 1.43. The summed E-state index contributed by atoms with van der Waals surface area (Å²) in [6.07, 6.45) is 0.223. The van der Waals surface area contributed by atoms with E-state index in [1.807, 2.05) is 85.5 Å². The molecule has 0 aliphatic carbocycles. The van der Waals surface area contributed by atoms with Gasteiger partial charge in [-0.25, -0.2) is 9.67 Å². The molecule has 15 heteroatoms. The van der Waals surface area contributed by atoms with Crippen molar-refractivity contribution < 1.29 is 28.0 Å². The van der Waals surface area contributed by atoms with Gasteiger partial charge in [-0.15, -0.1) is 0 Å². The van der Waals surface area contributed by atoms with Crippen molar-refractivity contribution in [2.75, 3.05) is 47.7 Å². The van der Waals surface area contributed by atoms with Gasteiger partial charge < -0.3 is 33.3 Å². The Morgan fingerprint density at radius 1 is 1.05 bits per heavy atom. The third kappa shape index (κ3) is 8.83. The molecule has 3 aromatic carbocycles. The second kappa shape index (κ2) is 18.9. The van der Waals surface area contributed by atoms with Gasteiger partial charge in [-0.2, -0.15) is 15.3 Å². The van der Waals surface area contributed by atoms with Gasteiger partial charge in [0, 0.05) is 25.8 Å². The zero-order chi connectivity index (χ0) is 39.5. The molecule has 56 heavy (non-hydrogen) atoms. The van der Waals surface area contributed by atoms with Crippen LogP contribution in [0.25, 0.3) is 11.0 Å². The van der Waals surface area contributed by atoms with Gasteiger partial charge in [0.2, 0.25) is 5.95 Å². The van der Waals surface area contributed by atoms with Crippen molar-refractivity contribution in [1.82, 2.24) is 25.1 Å². The molecule has 1 fully saturated rings. The number of fused-ring (bicyclic) bond motifs is 1. The summed E-state index contributed by atoms with van der Waals surface area (Å²) in [6.45, 7) is 4.29. The van der Waals surface area contributed by atoms with E-state index in [2.05, 4.69) is 38.2 Å². The Morgan fingerprint density at radius 2 is 1.71 bits per heavy atom. The molecule has 2 N–H and O–H groups in total. The molecule has 3 heterocycles. The highest BCUT2D eigenvalue weighted by atomic mass is 31.2. The predicted octanol–water partition coefficient (Wildman–Crippen LogP) is 5.98. The van der Waals surface area contributed by atoms with Crippen molar-refractivity contribution in [3.8, 4) is 29.4 Å². The van der Waals surface area contributed by atoms with Gasteiger partial charge in [0.25, 0.3) is 5.56 Å². The molecule has 0 amide bonds. The van der Waals surface area contributed by atoms with Crippen LogP contribution in [0.3, 0.4) is 0 Å². The minimum atomic E-state index is -1.42. The van der Waals surface area contributed by atoms with Crippen molar-refractivity contribution in [2.45, 2.75) is 43.8 Å². The lowest BCUT2D eigenvalue weighted by molar-refractivity contribution is -0.0922. The lowest BCUT2D eigenvalue weighted by Crippen LogP contribution is -2.38. The van der Waals surface area contributed by atoms with Gasteiger partial charge in [0.1, 0.15) is 28.6 Å². The van der Waals surface area contributed by atoms with E-state index in [4.69, 9.17) is 38.4 Å². The molecule has 1 saturated heterocycles. The molecule has 14 nitrogen and oxygen atoms in total. The number of benzene rings is 3. The number of H-pyrrole nitrogens is 1. The lowest BCUT2D eigenvalue weighted by atomic mass is 9.80. The second-order valence-corrected chi connectivity index (χ2v) is 14.0. The summed E-state index contributed by atoms with van der Waals surface area (Å²) in [7, 11) is 3.64. The van der Waals surface area contributed by atoms with E-state index < -0.39 is 38.0 Å². The van der Waals surface area contributed by atoms with Crippen molar-refractivity contribution in [3.63, 3.8) is 0 Å². The summed E-state index contributed by atoms with van der Waals surface area (Å²) in [5, 5.41) is 17.1. The fraction of sp³-hybridized carbons (Fsp3) is 0.341. The van der Waals surface area contributed by atoms with E-state index >= 15 is 0 Å². The summed E-state index contributed by atoms with van der Waals surface area (Å²) in [5.74, 6) is 7.32. The number of hydrogen-bond acceptors (Lipinski definition) is 12. The Kier molecular flexibility index (Phi) is 13.6. The van der Waals surface area contributed by atoms with Crippen LogP contribution in [0.4, 0.5) is 5.95 Å². The molecular weight excluding hydrogens is 733 g/mol. The van der Waals surface area contributed by atoms with Crippen LogP contribution in [0.5, 0.6) is 11.5 Å². The molecule has 1 unspecified atom stereocenters. The van der Waals surface area contributed by atoms with Crippen LogP contribution in [0.1, 0.15) is 48.4 Å². The molecule has 0 saturated carbocycles. The highest BCUT2D eigenvalue weighted by Gasteiger charge is 2.44. The molecule has 1 aliphatic heterocycles. The molecule has 0 spiro atoms. The van der Waals surface area contributed by atoms with E-state index in [1.165, 1.54) is 0 Å². The highest BCUT2D eigenvalue weighted by molar-refractivity contribution is 7.46. The standard InChI is InChI=1S/C41H44N7O7P/c1-6-11-33-37-38(45-40(46-39(37)49)44-24-23-43-2)48(47-33)36-26-34(55-56(5)53-25-10-22-42)35(54-36)27-52-41(28-12-8-7-9-13-28,29-14-18-31(50-3)19-15-29)30-16-20-32(51-4)21-17-30/h7-9,12-21,24,34-36,43H,10,23,25-27H2,1-5H3,(H,45,46,49)/t34-,35-,36-,56?/m1/s1. The smallest absolute Gasteiger partial charge is 0.264 e. The number of methoxy groups -OCH3 is 2. The molecule has 6 rings (SSSR count). The summed E-state index contributed by atoms with van der Waals surface area (Å²) >= 11 is 0. The molecule has 2 aromatic heterocycles. The molecule has 0 radical (unpaired) electrons. The largest absolute Gasteiger partial charge is 0.497 e. The van der Waals surface area contributed by atoms with Crippen molar-refractivity contribution in [3.05, 3.63) is 112 Å². The molecule has 1 aliphatic rings. The van der Waals surface area contributed by atoms with Gasteiger partial charge in [0.15, 0.2) is 25.9 Å². The highest BCUT2D eigenvalue weighted by Crippen LogP contribution is 2.45. The van der Waals surface area contributed by atoms with Crippen LogP contribution in [0, 0.1) is 23.2 Å². The average Bonchev–Trinajstić information content (AvgIpc) is 3.80. The zero-order valence-corrected chi connectivity index (χ0v) is 32.8. The number of nitrogens with zero attached hydrogens (tertiary/aromatic N) is 5. The number of aromatic amines is 1. The topological polar surface area (TPSA) is 167 Å². The number of aliphatic imine (C=N–C) groups is 1. The van der Waals surface area contributed by atoms with Gasteiger partial charge in [-0.1, -0.05) is 60.5 Å². The van der Waals surface area contributed by atoms with E-state index in [9.17, 15) is 4.79 Å². The van der Waals surface area contributed by atoms with Crippen LogP contribution in [0.2, 0.25) is 0 Å². The quantitative estimate of drug-likeness (QED) is 0.0375. The Labute approximate surface area is 326 Å². The predicted molar refractivity (Wildman–Crippen MR) is 213 cm³/mol. The summed E-state index contributed by atoms with van der Waals surface area (Å²) in [4.78, 5) is 25.1. The van der Waals surface area contributed by atoms with Gasteiger partial charge in [-0.05, 0) is 60.8 Å². The maximum Gasteiger partial charge on any atom is 0.264 e. The van der Waals surface area contributed by atoms with Crippen LogP contribution >= 0.6 is 8.38 Å². The summed E-state index contributed by atoms with van der Waals surface area (Å²) in [6, 6.07) is 27.6. The molecule has 0 bridgehead atoms. The van der Waals surface area contributed by atoms with E-state index in [1.54, 1.807) is 39.1 Å². The maximum atomic E-state index is 13.4. The number of nitriles is 1. The van der Waals surface area contributed by atoms with E-state index in [-0.39, 0.29) is 42.3 Å². The number of rotatable bonds is 17.